The lowest BCUT2D eigenvalue weighted by atomic mass is 10.2. The molecule has 0 radical (unpaired) electrons. The van der Waals surface area contributed by atoms with Gasteiger partial charge in [0.05, 0.1) is 11.9 Å². The van der Waals surface area contributed by atoms with Gasteiger partial charge < -0.3 is 9.80 Å². The van der Waals surface area contributed by atoms with Gasteiger partial charge in [-0.15, -0.1) is 0 Å². The van der Waals surface area contributed by atoms with E-state index < -0.39 is 0 Å². The maximum Gasteiger partial charge on any atom is 0.268 e. The van der Waals surface area contributed by atoms with Gasteiger partial charge in [-0.05, 0) is 18.9 Å². The molecule has 1 aliphatic heterocycles. The first-order valence-corrected chi connectivity index (χ1v) is 8.07. The van der Waals surface area contributed by atoms with Crippen LogP contribution in [0.5, 0.6) is 0 Å². The minimum atomic E-state index is -0.0743. The monoisotopic (exact) mass is 312 g/mol. The zero-order valence-corrected chi connectivity index (χ0v) is 13.2. The highest BCUT2D eigenvalue weighted by molar-refractivity contribution is 5.47. The molecule has 1 aliphatic carbocycles. The molecule has 0 spiro atoms. The van der Waals surface area contributed by atoms with E-state index in [1.165, 1.54) is 17.5 Å². The van der Waals surface area contributed by atoms with Gasteiger partial charge in [-0.25, -0.2) is 14.6 Å². The normalized spacial score (nSPS) is 18.3. The third-order valence-electron chi connectivity index (χ3n) is 4.52. The highest BCUT2D eigenvalue weighted by Crippen LogP contribution is 2.38. The molecule has 4 rings (SSSR count). The smallest absolute Gasteiger partial charge is 0.268 e. The van der Waals surface area contributed by atoms with Crippen LogP contribution >= 0.6 is 0 Å². The number of aromatic nitrogens is 4. The van der Waals surface area contributed by atoms with Gasteiger partial charge in [0.25, 0.3) is 5.56 Å². The van der Waals surface area contributed by atoms with Crippen LogP contribution in [0.3, 0.4) is 0 Å². The molecule has 2 aliphatic rings. The molecule has 0 unspecified atom stereocenters. The quantitative estimate of drug-likeness (QED) is 0.834. The Morgan fingerprint density at radius 1 is 1.13 bits per heavy atom. The fourth-order valence-corrected chi connectivity index (χ4v) is 2.90. The summed E-state index contributed by atoms with van der Waals surface area (Å²) >= 11 is 0. The predicted molar refractivity (Wildman–Crippen MR) is 87.9 cm³/mol. The molecule has 2 aromatic heterocycles. The van der Waals surface area contributed by atoms with Crippen LogP contribution in [-0.4, -0.2) is 45.9 Å². The zero-order valence-electron chi connectivity index (χ0n) is 13.2. The lowest BCUT2D eigenvalue weighted by Gasteiger charge is -2.36. The number of anilines is 2. The highest BCUT2D eigenvalue weighted by Gasteiger charge is 2.27. The van der Waals surface area contributed by atoms with Crippen molar-refractivity contribution in [2.24, 2.45) is 7.05 Å². The molecule has 120 valence electrons. The topological polar surface area (TPSA) is 67.2 Å². The molecule has 3 heterocycles. The molecule has 23 heavy (non-hydrogen) atoms. The van der Waals surface area contributed by atoms with Gasteiger partial charge in [0.2, 0.25) is 0 Å². The zero-order chi connectivity index (χ0) is 15.8. The average molecular weight is 312 g/mol. The molecule has 2 aromatic rings. The van der Waals surface area contributed by atoms with Crippen LogP contribution in [0.2, 0.25) is 0 Å². The van der Waals surface area contributed by atoms with Crippen molar-refractivity contribution in [3.8, 4) is 0 Å². The van der Waals surface area contributed by atoms with Gasteiger partial charge in [-0.1, -0.05) is 0 Å². The number of nitrogens with zero attached hydrogens (tertiary/aromatic N) is 6. The molecule has 1 saturated carbocycles. The van der Waals surface area contributed by atoms with Crippen LogP contribution in [0.25, 0.3) is 0 Å². The lowest BCUT2D eigenvalue weighted by molar-refractivity contribution is 0.636. The highest BCUT2D eigenvalue weighted by atomic mass is 16.1. The van der Waals surface area contributed by atoms with Crippen molar-refractivity contribution in [1.29, 1.82) is 0 Å². The van der Waals surface area contributed by atoms with Crippen molar-refractivity contribution in [2.75, 3.05) is 36.0 Å². The molecule has 0 amide bonds. The van der Waals surface area contributed by atoms with E-state index >= 15 is 0 Å². The Morgan fingerprint density at radius 2 is 1.87 bits per heavy atom. The molecular weight excluding hydrogens is 292 g/mol. The second kappa shape index (κ2) is 5.64. The molecule has 7 nitrogen and oxygen atoms in total. The van der Waals surface area contributed by atoms with Gasteiger partial charge in [0.15, 0.2) is 0 Å². The molecular formula is C16H20N6O. The molecule has 0 bridgehead atoms. The fraction of sp³-hybridized carbons (Fsp3) is 0.500. The van der Waals surface area contributed by atoms with Crippen molar-refractivity contribution in [3.05, 3.63) is 40.7 Å². The lowest BCUT2D eigenvalue weighted by Crippen LogP contribution is -2.47. The van der Waals surface area contributed by atoms with E-state index in [-0.39, 0.29) is 5.56 Å². The van der Waals surface area contributed by atoms with Gasteiger partial charge in [0.1, 0.15) is 11.6 Å². The summed E-state index contributed by atoms with van der Waals surface area (Å²) in [4.78, 5) is 25.3. The third-order valence-corrected chi connectivity index (χ3v) is 4.52. The fourth-order valence-electron chi connectivity index (χ4n) is 2.90. The summed E-state index contributed by atoms with van der Waals surface area (Å²) in [5, 5.41) is 4.10. The molecule has 7 heteroatoms. The first-order chi connectivity index (χ1) is 11.2. The van der Waals surface area contributed by atoms with E-state index in [0.29, 0.717) is 5.92 Å². The summed E-state index contributed by atoms with van der Waals surface area (Å²) in [6.45, 7) is 3.49. The van der Waals surface area contributed by atoms with E-state index in [1.807, 2.05) is 12.3 Å². The summed E-state index contributed by atoms with van der Waals surface area (Å²) in [6.07, 6.45) is 6.06. The summed E-state index contributed by atoms with van der Waals surface area (Å²) in [7, 11) is 1.66. The van der Waals surface area contributed by atoms with Crippen molar-refractivity contribution in [1.82, 2.24) is 19.7 Å². The second-order valence-electron chi connectivity index (χ2n) is 6.20. The van der Waals surface area contributed by atoms with Gasteiger partial charge in [-0.3, -0.25) is 4.79 Å². The Hall–Kier alpha value is -2.44. The molecule has 1 saturated heterocycles. The number of hydrogen-bond donors (Lipinski definition) is 0. The van der Waals surface area contributed by atoms with Crippen molar-refractivity contribution in [2.45, 2.75) is 18.8 Å². The Labute approximate surface area is 134 Å². The van der Waals surface area contributed by atoms with Crippen molar-refractivity contribution >= 4 is 11.5 Å². The van der Waals surface area contributed by atoms with Gasteiger partial charge in [-0.2, -0.15) is 5.10 Å². The minimum absolute atomic E-state index is 0.0743. The predicted octanol–water partition coefficient (Wildman–Crippen LogP) is 0.774. The Kier molecular flexibility index (Phi) is 3.48. The SMILES string of the molecule is Cn1ncc(N2CCN(c3ccnc(C4CC4)n3)CC2)cc1=O. The van der Waals surface area contributed by atoms with E-state index in [2.05, 4.69) is 19.9 Å². The first kappa shape index (κ1) is 14.2. The van der Waals surface area contributed by atoms with Crippen LogP contribution in [-0.2, 0) is 7.05 Å². The average Bonchev–Trinajstić information content (AvgIpc) is 3.43. The van der Waals surface area contributed by atoms with Crippen molar-refractivity contribution in [3.63, 3.8) is 0 Å². The van der Waals surface area contributed by atoms with E-state index in [1.54, 1.807) is 19.3 Å². The summed E-state index contributed by atoms with van der Waals surface area (Å²) < 4.78 is 1.35. The largest absolute Gasteiger partial charge is 0.367 e. The number of rotatable bonds is 3. The van der Waals surface area contributed by atoms with Crippen LogP contribution in [0, 0.1) is 0 Å². The molecule has 0 aromatic carbocycles. The van der Waals surface area contributed by atoms with E-state index in [9.17, 15) is 4.79 Å². The third kappa shape index (κ3) is 2.91. The maximum atomic E-state index is 11.7. The van der Waals surface area contributed by atoms with Crippen LogP contribution < -0.4 is 15.4 Å². The Balaban J connectivity index is 1.45. The van der Waals surface area contributed by atoms with Crippen LogP contribution in [0.15, 0.2) is 29.3 Å². The molecule has 2 fully saturated rings. The van der Waals surface area contributed by atoms with Gasteiger partial charge >= 0.3 is 0 Å². The van der Waals surface area contributed by atoms with Crippen LogP contribution in [0.4, 0.5) is 11.5 Å². The van der Waals surface area contributed by atoms with E-state index in [4.69, 9.17) is 4.98 Å². The summed E-state index contributed by atoms with van der Waals surface area (Å²) in [6, 6.07) is 3.64. The number of hydrogen-bond acceptors (Lipinski definition) is 6. The minimum Gasteiger partial charge on any atom is -0.367 e. The maximum absolute atomic E-state index is 11.7. The standard InChI is InChI=1S/C16H20N6O/c1-20-15(23)10-13(11-18-20)21-6-8-22(9-7-21)14-4-5-17-16(19-14)12-2-3-12/h4-5,10-12H,2-3,6-9H2,1H3. The molecule has 0 atom stereocenters. The second-order valence-corrected chi connectivity index (χ2v) is 6.20. The number of piperazine rings is 1. The Morgan fingerprint density at radius 3 is 2.57 bits per heavy atom. The first-order valence-electron chi connectivity index (χ1n) is 8.07. The summed E-state index contributed by atoms with van der Waals surface area (Å²) in [5.74, 6) is 2.58. The van der Waals surface area contributed by atoms with Crippen molar-refractivity contribution < 1.29 is 0 Å². The molecule has 0 N–H and O–H groups in total. The van der Waals surface area contributed by atoms with E-state index in [0.717, 1.165) is 43.5 Å². The number of aryl methyl sites for hydroxylation is 1. The Bertz CT molecular complexity index is 761. The summed E-state index contributed by atoms with van der Waals surface area (Å²) in [5.41, 5.74) is 0.823. The van der Waals surface area contributed by atoms with Crippen LogP contribution in [0.1, 0.15) is 24.6 Å². The van der Waals surface area contributed by atoms with Gasteiger partial charge in [0, 0.05) is 51.4 Å².